The molecule has 1 aromatic rings. The van der Waals surface area contributed by atoms with Crippen LogP contribution in [0.2, 0.25) is 0 Å². The minimum Gasteiger partial charge on any atom is -0.497 e. The molecule has 0 bridgehead atoms. The molecule has 5 nitrogen and oxygen atoms in total. The van der Waals surface area contributed by atoms with Crippen molar-refractivity contribution in [3.05, 3.63) is 18.2 Å². The lowest BCUT2D eigenvalue weighted by Crippen LogP contribution is -2.28. The molecular weight excluding hydrogens is 278 g/mol. The van der Waals surface area contributed by atoms with Gasteiger partial charge in [-0.1, -0.05) is 20.8 Å². The van der Waals surface area contributed by atoms with Crippen LogP contribution in [0.25, 0.3) is 0 Å². The second kappa shape index (κ2) is 8.51. The number of aliphatic imine (C=N–C) groups is 1. The largest absolute Gasteiger partial charge is 0.497 e. The molecule has 0 saturated carbocycles. The molecule has 0 aromatic heterocycles. The predicted molar refractivity (Wildman–Crippen MR) is 93.0 cm³/mol. The van der Waals surface area contributed by atoms with E-state index in [2.05, 4.69) is 31.1 Å². The van der Waals surface area contributed by atoms with E-state index in [0.29, 0.717) is 11.7 Å². The fraction of sp³-hybridized carbons (Fsp3) is 0.588. The minimum absolute atomic E-state index is 0.227. The van der Waals surface area contributed by atoms with Gasteiger partial charge in [0.05, 0.1) is 19.9 Å². The Bertz CT molecular complexity index is 488. The highest BCUT2D eigenvalue weighted by Crippen LogP contribution is 2.31. The zero-order valence-electron chi connectivity index (χ0n) is 14.4. The molecule has 0 atom stereocenters. The van der Waals surface area contributed by atoms with Gasteiger partial charge in [-0.05, 0) is 36.8 Å². The lowest BCUT2D eigenvalue weighted by atomic mass is 9.80. The van der Waals surface area contributed by atoms with Crippen molar-refractivity contribution in [2.24, 2.45) is 16.1 Å². The number of nitrogens with two attached hydrogens (primary N) is 1. The fourth-order valence-electron chi connectivity index (χ4n) is 2.43. The maximum Gasteiger partial charge on any atom is 0.193 e. The Morgan fingerprint density at radius 2 is 1.77 bits per heavy atom. The molecule has 22 heavy (non-hydrogen) atoms. The maximum absolute atomic E-state index is 6.03. The number of nitrogens with zero attached hydrogens (tertiary/aromatic N) is 1. The van der Waals surface area contributed by atoms with Crippen molar-refractivity contribution >= 4 is 11.6 Å². The summed E-state index contributed by atoms with van der Waals surface area (Å²) in [7, 11) is 3.25. The van der Waals surface area contributed by atoms with Gasteiger partial charge in [0.15, 0.2) is 5.96 Å². The third-order valence-electron chi connectivity index (χ3n) is 4.50. The highest BCUT2D eigenvalue weighted by molar-refractivity contribution is 5.94. The summed E-state index contributed by atoms with van der Waals surface area (Å²) in [6.45, 7) is 7.34. The molecule has 0 fully saturated rings. The molecule has 0 aliphatic rings. The van der Waals surface area contributed by atoms with Crippen molar-refractivity contribution < 1.29 is 9.47 Å². The van der Waals surface area contributed by atoms with Crippen LogP contribution in [-0.4, -0.2) is 26.7 Å². The Labute approximate surface area is 133 Å². The Morgan fingerprint density at radius 3 is 2.27 bits per heavy atom. The van der Waals surface area contributed by atoms with Crippen LogP contribution in [0.3, 0.4) is 0 Å². The molecule has 0 unspecified atom stereocenters. The van der Waals surface area contributed by atoms with Gasteiger partial charge >= 0.3 is 0 Å². The molecule has 1 rings (SSSR count). The number of benzene rings is 1. The molecule has 124 valence electrons. The van der Waals surface area contributed by atoms with Gasteiger partial charge in [0.25, 0.3) is 0 Å². The molecule has 0 aliphatic carbocycles. The van der Waals surface area contributed by atoms with Crippen molar-refractivity contribution in [3.63, 3.8) is 0 Å². The second-order valence-electron chi connectivity index (χ2n) is 5.45. The van der Waals surface area contributed by atoms with Crippen LogP contribution in [0.4, 0.5) is 5.69 Å². The highest BCUT2D eigenvalue weighted by Gasteiger charge is 2.23. The molecule has 0 spiro atoms. The molecule has 0 aliphatic heterocycles. The van der Waals surface area contributed by atoms with Gasteiger partial charge in [-0.25, -0.2) is 0 Å². The summed E-state index contributed by atoms with van der Waals surface area (Å²) in [4.78, 5) is 4.52. The van der Waals surface area contributed by atoms with E-state index in [9.17, 15) is 0 Å². The fourth-order valence-corrected chi connectivity index (χ4v) is 2.43. The number of ether oxygens (including phenoxy) is 2. The monoisotopic (exact) mass is 307 g/mol. The molecule has 5 heteroatoms. The van der Waals surface area contributed by atoms with Crippen LogP contribution >= 0.6 is 0 Å². The van der Waals surface area contributed by atoms with E-state index in [1.807, 2.05) is 18.2 Å². The third-order valence-corrected chi connectivity index (χ3v) is 4.50. The Kier molecular flexibility index (Phi) is 7.02. The first-order valence-electron chi connectivity index (χ1n) is 7.83. The van der Waals surface area contributed by atoms with Crippen LogP contribution in [0.15, 0.2) is 23.2 Å². The predicted octanol–water partition coefficient (Wildman–Crippen LogP) is 3.65. The van der Waals surface area contributed by atoms with Gasteiger partial charge in [0.1, 0.15) is 11.5 Å². The van der Waals surface area contributed by atoms with Gasteiger partial charge < -0.3 is 20.5 Å². The van der Waals surface area contributed by atoms with Gasteiger partial charge in [0.2, 0.25) is 0 Å². The smallest absolute Gasteiger partial charge is 0.193 e. The average molecular weight is 307 g/mol. The van der Waals surface area contributed by atoms with E-state index < -0.39 is 0 Å². The molecule has 0 amide bonds. The summed E-state index contributed by atoms with van der Waals surface area (Å²) in [6, 6.07) is 5.52. The quantitative estimate of drug-likeness (QED) is 0.568. The van der Waals surface area contributed by atoms with Crippen LogP contribution in [0.1, 0.15) is 40.0 Å². The molecule has 0 saturated heterocycles. The van der Waals surface area contributed by atoms with E-state index in [1.54, 1.807) is 14.2 Å². The Hall–Kier alpha value is -1.91. The molecular formula is C17H29N3O2. The van der Waals surface area contributed by atoms with Crippen LogP contribution in [0, 0.1) is 5.41 Å². The maximum atomic E-state index is 6.03. The molecule has 3 N–H and O–H groups in total. The van der Waals surface area contributed by atoms with Gasteiger partial charge in [-0.2, -0.15) is 0 Å². The standard InChI is InChI=1S/C17H29N3O2/c1-6-17(7-2,8-3)12-19-16(18)20-14-11-13(21-4)9-10-15(14)22-5/h9-11H,6-8,12H2,1-5H3,(H3,18,19,20). The Morgan fingerprint density at radius 1 is 1.14 bits per heavy atom. The second-order valence-corrected chi connectivity index (χ2v) is 5.45. The van der Waals surface area contributed by atoms with Gasteiger partial charge in [-0.3, -0.25) is 4.99 Å². The number of methoxy groups -OCH3 is 2. The topological polar surface area (TPSA) is 68.9 Å². The summed E-state index contributed by atoms with van der Waals surface area (Å²) in [5.74, 6) is 1.83. The van der Waals surface area contributed by atoms with E-state index >= 15 is 0 Å². The van der Waals surface area contributed by atoms with Crippen LogP contribution in [0.5, 0.6) is 11.5 Å². The summed E-state index contributed by atoms with van der Waals surface area (Å²) in [6.07, 6.45) is 3.29. The molecule has 0 heterocycles. The van der Waals surface area contributed by atoms with Crippen molar-refractivity contribution in [2.45, 2.75) is 40.0 Å². The van der Waals surface area contributed by atoms with Crippen LogP contribution in [-0.2, 0) is 0 Å². The van der Waals surface area contributed by atoms with E-state index in [4.69, 9.17) is 15.2 Å². The van der Waals surface area contributed by atoms with Gasteiger partial charge in [0, 0.05) is 12.6 Å². The first kappa shape index (κ1) is 18.1. The normalized spacial score (nSPS) is 12.1. The number of anilines is 1. The first-order chi connectivity index (χ1) is 10.5. The SMILES string of the molecule is CCC(CC)(CC)CN=C(N)Nc1cc(OC)ccc1OC. The molecule has 0 radical (unpaired) electrons. The number of hydrogen-bond donors (Lipinski definition) is 2. The highest BCUT2D eigenvalue weighted by atomic mass is 16.5. The first-order valence-corrected chi connectivity index (χ1v) is 7.83. The van der Waals surface area contributed by atoms with Crippen molar-refractivity contribution in [1.29, 1.82) is 0 Å². The number of nitrogens with one attached hydrogen (secondary N) is 1. The summed E-state index contributed by atoms with van der Waals surface area (Å²) < 4.78 is 10.6. The van der Waals surface area contributed by atoms with Gasteiger partial charge in [-0.15, -0.1) is 0 Å². The zero-order chi connectivity index (χ0) is 16.6. The van der Waals surface area contributed by atoms with Crippen LogP contribution < -0.4 is 20.5 Å². The number of guanidine groups is 1. The van der Waals surface area contributed by atoms with E-state index in [0.717, 1.165) is 37.2 Å². The van der Waals surface area contributed by atoms with E-state index in [1.165, 1.54) is 0 Å². The van der Waals surface area contributed by atoms with Crippen molar-refractivity contribution in [2.75, 3.05) is 26.1 Å². The summed E-state index contributed by atoms with van der Waals surface area (Å²) in [5.41, 5.74) is 7.01. The number of rotatable bonds is 8. The van der Waals surface area contributed by atoms with E-state index in [-0.39, 0.29) is 5.41 Å². The van der Waals surface area contributed by atoms with Crippen molar-refractivity contribution in [1.82, 2.24) is 0 Å². The minimum atomic E-state index is 0.227. The Balaban J connectivity index is 2.87. The summed E-state index contributed by atoms with van der Waals surface area (Å²) in [5, 5.41) is 3.10. The summed E-state index contributed by atoms with van der Waals surface area (Å²) >= 11 is 0. The molecule has 1 aromatic carbocycles. The van der Waals surface area contributed by atoms with Crippen molar-refractivity contribution in [3.8, 4) is 11.5 Å². The average Bonchev–Trinajstić information content (AvgIpc) is 2.56. The third kappa shape index (κ3) is 4.55. The lowest BCUT2D eigenvalue weighted by Gasteiger charge is -2.28. The zero-order valence-corrected chi connectivity index (χ0v) is 14.4. The number of hydrogen-bond acceptors (Lipinski definition) is 3. The lowest BCUT2D eigenvalue weighted by molar-refractivity contribution is 0.263.